The third-order valence-electron chi connectivity index (χ3n) is 5.15. The number of aryl methyl sites for hydroxylation is 1. The van der Waals surface area contributed by atoms with Crippen LogP contribution in [0, 0.1) is 5.92 Å². The van der Waals surface area contributed by atoms with E-state index < -0.39 is 0 Å². The van der Waals surface area contributed by atoms with E-state index in [2.05, 4.69) is 26.7 Å². The Hall–Kier alpha value is -2.42. The Morgan fingerprint density at radius 3 is 2.85 bits per heavy atom. The molecule has 3 atom stereocenters. The largest absolute Gasteiger partial charge is 0.486 e. The lowest BCUT2D eigenvalue weighted by atomic mass is 9.82. The van der Waals surface area contributed by atoms with E-state index >= 15 is 0 Å². The molecule has 1 aromatic carbocycles. The second kappa shape index (κ2) is 7.45. The molecule has 2 aromatic rings. The lowest BCUT2D eigenvalue weighted by Crippen LogP contribution is -2.42. The van der Waals surface area contributed by atoms with Gasteiger partial charge in [-0.25, -0.2) is 15.8 Å². The summed E-state index contributed by atoms with van der Waals surface area (Å²) in [6.07, 6.45) is 6.36. The number of amides is 1. The Bertz CT molecular complexity index is 759. The zero-order valence-corrected chi connectivity index (χ0v) is 14.7. The summed E-state index contributed by atoms with van der Waals surface area (Å²) >= 11 is 0. The molecule has 0 spiro atoms. The lowest BCUT2D eigenvalue weighted by molar-refractivity contribution is -0.121. The van der Waals surface area contributed by atoms with E-state index in [4.69, 9.17) is 4.74 Å². The number of hydrazine groups is 2. The van der Waals surface area contributed by atoms with Crippen LogP contribution >= 0.6 is 0 Å². The summed E-state index contributed by atoms with van der Waals surface area (Å²) in [6.45, 7) is 0.412. The summed E-state index contributed by atoms with van der Waals surface area (Å²) in [5.74, 6) is 1.73. The summed E-state index contributed by atoms with van der Waals surface area (Å²) in [6, 6.07) is 8.18. The molecule has 2 aliphatic rings. The molecular formula is C18H24N6O2. The number of carbonyl (C=O) groups excluding carboxylic acids is 1. The molecule has 1 aliphatic heterocycles. The predicted molar refractivity (Wildman–Crippen MR) is 96.9 cm³/mol. The maximum atomic E-state index is 12.5. The van der Waals surface area contributed by atoms with Crippen molar-refractivity contribution in [2.24, 2.45) is 13.0 Å². The monoisotopic (exact) mass is 356 g/mol. The summed E-state index contributed by atoms with van der Waals surface area (Å²) < 4.78 is 7.66. The molecule has 4 N–H and O–H groups in total. The van der Waals surface area contributed by atoms with Crippen molar-refractivity contribution in [2.45, 2.75) is 38.0 Å². The third kappa shape index (κ3) is 3.72. The van der Waals surface area contributed by atoms with Crippen molar-refractivity contribution in [3.63, 3.8) is 0 Å². The fourth-order valence-electron chi connectivity index (χ4n) is 3.53. The topological polar surface area (TPSA) is 92.2 Å². The van der Waals surface area contributed by atoms with Gasteiger partial charge in [0.15, 0.2) is 0 Å². The highest BCUT2D eigenvalue weighted by Gasteiger charge is 2.36. The second-order valence-corrected chi connectivity index (χ2v) is 6.89. The molecule has 0 bridgehead atoms. The van der Waals surface area contributed by atoms with Gasteiger partial charge in [-0.1, -0.05) is 0 Å². The first-order valence-corrected chi connectivity index (χ1v) is 8.95. The lowest BCUT2D eigenvalue weighted by Gasteiger charge is -2.29. The number of carbonyl (C=O) groups is 1. The van der Waals surface area contributed by atoms with Crippen LogP contribution in [0.25, 0.3) is 0 Å². The SMILES string of the molecule is Cn1ccnc1COc1ccc(NC(=O)C2CCC3NNNC3C2)cc1. The number of fused-ring (bicyclic) bond motifs is 1. The van der Waals surface area contributed by atoms with Crippen LogP contribution in [-0.2, 0) is 18.4 Å². The molecular weight excluding hydrogens is 332 g/mol. The van der Waals surface area contributed by atoms with Gasteiger partial charge in [-0.15, -0.1) is 0 Å². The molecule has 8 heteroatoms. The van der Waals surface area contributed by atoms with Crippen LogP contribution < -0.4 is 26.4 Å². The van der Waals surface area contributed by atoms with E-state index in [0.717, 1.165) is 36.5 Å². The number of ether oxygens (including phenoxy) is 1. The second-order valence-electron chi connectivity index (χ2n) is 6.89. The standard InChI is InChI=1S/C18H24N6O2/c1-24-9-8-19-17(24)11-26-14-5-3-13(4-6-14)20-18(25)12-2-7-15-16(10-12)22-23-21-15/h3-6,8-9,12,15-16,21-23H,2,7,10-11H2,1H3,(H,20,25). The maximum Gasteiger partial charge on any atom is 0.227 e. The Morgan fingerprint density at radius 1 is 1.27 bits per heavy atom. The molecule has 2 fully saturated rings. The van der Waals surface area contributed by atoms with E-state index in [0.29, 0.717) is 18.7 Å². The number of nitrogens with zero attached hydrogens (tertiary/aromatic N) is 2. The van der Waals surface area contributed by atoms with E-state index in [1.807, 2.05) is 42.1 Å². The van der Waals surface area contributed by atoms with Gasteiger partial charge < -0.3 is 14.6 Å². The molecule has 1 amide bonds. The Balaban J connectivity index is 1.29. The fourth-order valence-corrected chi connectivity index (χ4v) is 3.53. The summed E-state index contributed by atoms with van der Waals surface area (Å²) in [5, 5.41) is 3.02. The van der Waals surface area contributed by atoms with Gasteiger partial charge in [0.05, 0.1) is 0 Å². The predicted octanol–water partition coefficient (Wildman–Crippen LogP) is 1.09. The normalized spacial score (nSPS) is 24.9. The van der Waals surface area contributed by atoms with E-state index in [1.54, 1.807) is 6.20 Å². The van der Waals surface area contributed by atoms with Gasteiger partial charge in [0, 0.05) is 43.1 Å². The van der Waals surface area contributed by atoms with E-state index in [1.165, 1.54) is 0 Å². The molecule has 1 aromatic heterocycles. The molecule has 4 rings (SSSR count). The summed E-state index contributed by atoms with van der Waals surface area (Å²) in [4.78, 5) is 16.8. The average Bonchev–Trinajstić information content (AvgIpc) is 3.29. The first kappa shape index (κ1) is 17.0. The molecule has 1 saturated heterocycles. The third-order valence-corrected chi connectivity index (χ3v) is 5.15. The summed E-state index contributed by atoms with van der Waals surface area (Å²) in [5.41, 5.74) is 10.1. The van der Waals surface area contributed by atoms with Crippen molar-refractivity contribution in [3.05, 3.63) is 42.5 Å². The van der Waals surface area contributed by atoms with Crippen LogP contribution in [0.4, 0.5) is 5.69 Å². The van der Waals surface area contributed by atoms with Gasteiger partial charge in [-0.2, -0.15) is 5.53 Å². The number of anilines is 1. The van der Waals surface area contributed by atoms with Gasteiger partial charge in [0.25, 0.3) is 0 Å². The fraction of sp³-hybridized carbons (Fsp3) is 0.444. The van der Waals surface area contributed by atoms with Crippen LogP contribution in [0.1, 0.15) is 25.1 Å². The molecule has 26 heavy (non-hydrogen) atoms. The van der Waals surface area contributed by atoms with Crippen molar-refractivity contribution >= 4 is 11.6 Å². The van der Waals surface area contributed by atoms with E-state index in [-0.39, 0.29) is 11.8 Å². The van der Waals surface area contributed by atoms with Gasteiger partial charge in [-0.3, -0.25) is 4.79 Å². The molecule has 0 radical (unpaired) electrons. The number of benzene rings is 1. The van der Waals surface area contributed by atoms with Gasteiger partial charge in [0.2, 0.25) is 5.91 Å². The number of imidazole rings is 1. The highest BCUT2D eigenvalue weighted by Crippen LogP contribution is 2.27. The van der Waals surface area contributed by atoms with Crippen molar-refractivity contribution in [1.29, 1.82) is 0 Å². The van der Waals surface area contributed by atoms with E-state index in [9.17, 15) is 4.79 Å². The Labute approximate surface area is 152 Å². The molecule has 138 valence electrons. The van der Waals surface area contributed by atoms with Crippen LogP contribution in [0.3, 0.4) is 0 Å². The van der Waals surface area contributed by atoms with Crippen molar-refractivity contribution < 1.29 is 9.53 Å². The van der Waals surface area contributed by atoms with Gasteiger partial charge >= 0.3 is 0 Å². The van der Waals surface area contributed by atoms with Crippen molar-refractivity contribution in [2.75, 3.05) is 5.32 Å². The number of aromatic nitrogens is 2. The van der Waals surface area contributed by atoms with Crippen LogP contribution in [0.5, 0.6) is 5.75 Å². The average molecular weight is 356 g/mol. The Kier molecular flexibility index (Phi) is 4.87. The van der Waals surface area contributed by atoms with Gasteiger partial charge in [0.1, 0.15) is 18.2 Å². The number of hydrogen-bond acceptors (Lipinski definition) is 6. The minimum Gasteiger partial charge on any atom is -0.486 e. The van der Waals surface area contributed by atoms with Crippen LogP contribution in [0.2, 0.25) is 0 Å². The first-order valence-electron chi connectivity index (χ1n) is 8.95. The van der Waals surface area contributed by atoms with Crippen LogP contribution in [-0.4, -0.2) is 27.5 Å². The number of hydrogen-bond donors (Lipinski definition) is 4. The maximum absolute atomic E-state index is 12.5. The van der Waals surface area contributed by atoms with Crippen molar-refractivity contribution in [3.8, 4) is 5.75 Å². The Morgan fingerprint density at radius 2 is 2.08 bits per heavy atom. The molecule has 8 nitrogen and oxygen atoms in total. The zero-order chi connectivity index (χ0) is 17.9. The molecule has 1 saturated carbocycles. The minimum atomic E-state index is 0.0322. The number of rotatable bonds is 5. The van der Waals surface area contributed by atoms with Gasteiger partial charge in [-0.05, 0) is 43.5 Å². The highest BCUT2D eigenvalue weighted by molar-refractivity contribution is 5.92. The van der Waals surface area contributed by atoms with Crippen molar-refractivity contribution in [1.82, 2.24) is 25.9 Å². The van der Waals surface area contributed by atoms with Crippen LogP contribution in [0.15, 0.2) is 36.7 Å². The number of nitrogens with one attached hydrogen (secondary N) is 4. The quantitative estimate of drug-likeness (QED) is 0.641. The molecule has 2 heterocycles. The highest BCUT2D eigenvalue weighted by atomic mass is 16.5. The molecule has 1 aliphatic carbocycles. The smallest absolute Gasteiger partial charge is 0.227 e. The first-order chi connectivity index (χ1) is 12.7. The zero-order valence-electron chi connectivity index (χ0n) is 14.7. The minimum absolute atomic E-state index is 0.0322. The summed E-state index contributed by atoms with van der Waals surface area (Å²) in [7, 11) is 1.94. The molecule has 3 unspecified atom stereocenters.